The van der Waals surface area contributed by atoms with Gasteiger partial charge in [-0.3, -0.25) is 0 Å². The third kappa shape index (κ3) is 0.865. The maximum Gasteiger partial charge on any atom is 0.0620 e. The lowest BCUT2D eigenvalue weighted by molar-refractivity contribution is 2.00. The van der Waals surface area contributed by atoms with Crippen molar-refractivity contribution in [1.82, 2.24) is 0 Å². The summed E-state index contributed by atoms with van der Waals surface area (Å²) in [6.45, 7) is 0. The maximum absolute atomic E-state index is 5.32. The Morgan fingerprint density at radius 2 is 1.33 bits per heavy atom. The van der Waals surface area contributed by atoms with Crippen molar-refractivity contribution in [2.24, 2.45) is 0 Å². The molecule has 0 fully saturated rings. The minimum Gasteiger partial charge on any atom is -0.140 e. The van der Waals surface area contributed by atoms with Crippen LogP contribution in [0.15, 0.2) is 10.8 Å². The van der Waals surface area contributed by atoms with Gasteiger partial charge in [0, 0.05) is 10.8 Å². The van der Waals surface area contributed by atoms with Crippen LogP contribution in [-0.4, -0.2) is 0 Å². The monoisotopic (exact) mass is 188 g/mol. The molecule has 0 amide bonds. The standard InChI is InChI=1S/C10H4S2/c1-3-7-5-11-10-8(4-2)6-12-9(7)10/h1-2,5-6H. The van der Waals surface area contributed by atoms with E-state index >= 15 is 0 Å². The van der Waals surface area contributed by atoms with E-state index < -0.39 is 0 Å². The highest BCUT2D eigenvalue weighted by molar-refractivity contribution is 7.26. The van der Waals surface area contributed by atoms with E-state index in [-0.39, 0.29) is 0 Å². The van der Waals surface area contributed by atoms with Gasteiger partial charge in [0.05, 0.1) is 20.5 Å². The molecule has 2 aromatic heterocycles. The quantitative estimate of drug-likeness (QED) is 0.558. The fourth-order valence-corrected chi connectivity index (χ4v) is 3.23. The Morgan fingerprint density at radius 3 is 1.67 bits per heavy atom. The van der Waals surface area contributed by atoms with Crippen molar-refractivity contribution in [3.63, 3.8) is 0 Å². The largest absolute Gasteiger partial charge is 0.140 e. The highest BCUT2D eigenvalue weighted by Gasteiger charge is 2.06. The summed E-state index contributed by atoms with van der Waals surface area (Å²) in [5.41, 5.74) is 1.92. The number of thiophene rings is 2. The highest BCUT2D eigenvalue weighted by atomic mass is 32.1. The normalized spacial score (nSPS) is 9.50. The van der Waals surface area contributed by atoms with E-state index in [1.807, 2.05) is 10.8 Å². The molecule has 0 aliphatic carbocycles. The predicted molar refractivity (Wildman–Crippen MR) is 55.6 cm³/mol. The lowest BCUT2D eigenvalue weighted by Gasteiger charge is -1.77. The zero-order chi connectivity index (χ0) is 8.55. The second-order valence-corrected chi connectivity index (χ2v) is 4.00. The van der Waals surface area contributed by atoms with Gasteiger partial charge in [-0.2, -0.15) is 0 Å². The predicted octanol–water partition coefficient (Wildman–Crippen LogP) is 2.93. The van der Waals surface area contributed by atoms with Gasteiger partial charge in [0.2, 0.25) is 0 Å². The Hall–Kier alpha value is -1.22. The van der Waals surface area contributed by atoms with E-state index in [0.717, 1.165) is 20.5 Å². The zero-order valence-electron chi connectivity index (χ0n) is 6.13. The Bertz CT molecular complexity index is 452. The van der Waals surface area contributed by atoms with Crippen LogP contribution in [0, 0.1) is 24.7 Å². The first-order valence-corrected chi connectivity index (χ1v) is 5.04. The molecule has 0 spiro atoms. The van der Waals surface area contributed by atoms with E-state index in [1.54, 1.807) is 22.7 Å². The van der Waals surface area contributed by atoms with Crippen molar-refractivity contribution < 1.29 is 0 Å². The molecule has 0 saturated heterocycles. The number of fused-ring (bicyclic) bond motifs is 1. The van der Waals surface area contributed by atoms with Gasteiger partial charge in [-0.05, 0) is 0 Å². The van der Waals surface area contributed by atoms with Gasteiger partial charge >= 0.3 is 0 Å². The minimum atomic E-state index is 0.960. The summed E-state index contributed by atoms with van der Waals surface area (Å²) in [4.78, 5) is 0. The third-order valence-corrected chi connectivity index (χ3v) is 3.75. The first-order chi connectivity index (χ1) is 5.86. The van der Waals surface area contributed by atoms with Crippen molar-refractivity contribution in [3.8, 4) is 24.7 Å². The van der Waals surface area contributed by atoms with Crippen LogP contribution in [0.2, 0.25) is 0 Å². The maximum atomic E-state index is 5.32. The Kier molecular flexibility index (Phi) is 1.66. The smallest absolute Gasteiger partial charge is 0.0620 e. The van der Waals surface area contributed by atoms with E-state index in [1.165, 1.54) is 0 Å². The average Bonchev–Trinajstić information content (AvgIpc) is 2.62. The summed E-state index contributed by atoms with van der Waals surface area (Å²) in [6.07, 6.45) is 10.6. The van der Waals surface area contributed by atoms with Crippen LogP contribution in [0.5, 0.6) is 0 Å². The van der Waals surface area contributed by atoms with Crippen LogP contribution in [0.4, 0.5) is 0 Å². The van der Waals surface area contributed by atoms with E-state index in [2.05, 4.69) is 11.8 Å². The molecule has 0 N–H and O–H groups in total. The molecule has 0 unspecified atom stereocenters. The van der Waals surface area contributed by atoms with Crippen LogP contribution in [0.25, 0.3) is 9.40 Å². The van der Waals surface area contributed by atoms with Crippen LogP contribution in [0.3, 0.4) is 0 Å². The summed E-state index contributed by atoms with van der Waals surface area (Å²) < 4.78 is 2.30. The second kappa shape index (κ2) is 2.68. The second-order valence-electron chi connectivity index (χ2n) is 2.25. The Labute approximate surface area is 78.9 Å². The van der Waals surface area contributed by atoms with Crippen molar-refractivity contribution in [3.05, 3.63) is 21.9 Å². The molecule has 12 heavy (non-hydrogen) atoms. The first-order valence-electron chi connectivity index (χ1n) is 3.28. The number of terminal acetylenes is 2. The van der Waals surface area contributed by atoms with Crippen molar-refractivity contribution in [2.45, 2.75) is 0 Å². The molecule has 56 valence electrons. The molecule has 0 aromatic carbocycles. The lowest BCUT2D eigenvalue weighted by atomic mass is 10.3. The van der Waals surface area contributed by atoms with Crippen LogP contribution >= 0.6 is 22.7 Å². The summed E-state index contributed by atoms with van der Waals surface area (Å²) in [6, 6.07) is 0. The Balaban J connectivity index is 2.87. The van der Waals surface area contributed by atoms with Gasteiger partial charge in [-0.25, -0.2) is 0 Å². The first kappa shape index (κ1) is 7.43. The van der Waals surface area contributed by atoms with Crippen molar-refractivity contribution in [2.75, 3.05) is 0 Å². The van der Waals surface area contributed by atoms with E-state index in [0.29, 0.717) is 0 Å². The number of rotatable bonds is 0. The fourth-order valence-electron chi connectivity index (χ4n) is 1.02. The van der Waals surface area contributed by atoms with Gasteiger partial charge in [0.25, 0.3) is 0 Å². The SMILES string of the molecule is C#Cc1csc2c(C#C)csc12. The molecule has 0 aliphatic rings. The van der Waals surface area contributed by atoms with Gasteiger partial charge in [0.15, 0.2) is 0 Å². The zero-order valence-corrected chi connectivity index (χ0v) is 7.76. The van der Waals surface area contributed by atoms with Gasteiger partial charge < -0.3 is 0 Å². The third-order valence-electron chi connectivity index (χ3n) is 1.60. The molecular weight excluding hydrogens is 184 g/mol. The molecule has 0 nitrogen and oxygen atoms in total. The lowest BCUT2D eigenvalue weighted by Crippen LogP contribution is -1.61. The molecule has 2 heterocycles. The molecule has 0 radical (unpaired) electrons. The molecule has 2 aromatic rings. The van der Waals surface area contributed by atoms with Crippen molar-refractivity contribution >= 4 is 32.1 Å². The molecule has 0 atom stereocenters. The topological polar surface area (TPSA) is 0 Å². The summed E-state index contributed by atoms with van der Waals surface area (Å²) in [7, 11) is 0. The molecule has 0 saturated carbocycles. The van der Waals surface area contributed by atoms with Crippen LogP contribution in [-0.2, 0) is 0 Å². The van der Waals surface area contributed by atoms with E-state index in [9.17, 15) is 0 Å². The summed E-state index contributed by atoms with van der Waals surface area (Å²) in [5, 5.41) is 3.95. The average molecular weight is 188 g/mol. The molecular formula is C10H4S2. The minimum absolute atomic E-state index is 0.960. The van der Waals surface area contributed by atoms with E-state index in [4.69, 9.17) is 12.8 Å². The van der Waals surface area contributed by atoms with Gasteiger partial charge in [-0.15, -0.1) is 35.5 Å². The number of hydrogen-bond acceptors (Lipinski definition) is 2. The summed E-state index contributed by atoms with van der Waals surface area (Å²) in [5.74, 6) is 5.28. The molecule has 2 heteroatoms. The van der Waals surface area contributed by atoms with Crippen LogP contribution in [0.1, 0.15) is 11.1 Å². The van der Waals surface area contributed by atoms with Gasteiger partial charge in [0.1, 0.15) is 0 Å². The molecule has 0 aliphatic heterocycles. The van der Waals surface area contributed by atoms with Gasteiger partial charge in [-0.1, -0.05) is 11.8 Å². The van der Waals surface area contributed by atoms with Crippen molar-refractivity contribution in [1.29, 1.82) is 0 Å². The number of hydrogen-bond donors (Lipinski definition) is 0. The highest BCUT2D eigenvalue weighted by Crippen LogP contribution is 2.33. The fraction of sp³-hybridized carbons (Fsp3) is 0. The summed E-state index contributed by atoms with van der Waals surface area (Å²) >= 11 is 3.24. The molecule has 2 rings (SSSR count). The van der Waals surface area contributed by atoms with Crippen LogP contribution < -0.4 is 0 Å². The Morgan fingerprint density at radius 1 is 0.917 bits per heavy atom. The molecule has 0 bridgehead atoms.